The Morgan fingerprint density at radius 3 is 2.71 bits per heavy atom. The Morgan fingerprint density at radius 1 is 1.18 bits per heavy atom. The van der Waals surface area contributed by atoms with Gasteiger partial charge in [0.15, 0.2) is 0 Å². The van der Waals surface area contributed by atoms with Crippen LogP contribution in [0.2, 0.25) is 0 Å². The Morgan fingerprint density at radius 2 is 1.94 bits per heavy atom. The molecule has 1 nitrogen and oxygen atoms in total. The summed E-state index contributed by atoms with van der Waals surface area (Å²) in [4.78, 5) is 0. The molecule has 2 heteroatoms. The van der Waals surface area contributed by atoms with Gasteiger partial charge in [-0.15, -0.1) is 0 Å². The third-order valence-electron chi connectivity index (χ3n) is 3.97. The number of hydrogen-bond acceptors (Lipinski definition) is 1. The second-order valence-electron chi connectivity index (χ2n) is 5.09. The smallest absolute Gasteiger partial charge is 0.126 e. The van der Waals surface area contributed by atoms with E-state index < -0.39 is 0 Å². The predicted octanol–water partition coefficient (Wildman–Crippen LogP) is 3.54. The lowest BCUT2D eigenvalue weighted by atomic mass is 9.88. The van der Waals surface area contributed by atoms with E-state index in [1.165, 1.54) is 32.1 Å². The molecule has 2 atom stereocenters. The van der Waals surface area contributed by atoms with Crippen LogP contribution < -0.4 is 5.32 Å². The summed E-state index contributed by atoms with van der Waals surface area (Å²) in [6.45, 7) is 0. The molecule has 17 heavy (non-hydrogen) atoms. The summed E-state index contributed by atoms with van der Waals surface area (Å²) in [6.07, 6.45) is 7.25. The lowest BCUT2D eigenvalue weighted by Gasteiger charge is -2.25. The molecule has 0 heterocycles. The van der Waals surface area contributed by atoms with Crippen LogP contribution in [0.5, 0.6) is 0 Å². The Bertz CT molecular complexity index is 351. The number of benzene rings is 1. The van der Waals surface area contributed by atoms with E-state index in [1.54, 1.807) is 12.1 Å². The van der Waals surface area contributed by atoms with Gasteiger partial charge in [-0.25, -0.2) is 4.39 Å². The topological polar surface area (TPSA) is 12.0 Å². The normalized spacial score (nSPS) is 25.5. The largest absolute Gasteiger partial charge is 0.317 e. The van der Waals surface area contributed by atoms with E-state index in [0.29, 0.717) is 12.0 Å². The van der Waals surface area contributed by atoms with Crippen molar-refractivity contribution in [2.24, 2.45) is 5.92 Å². The highest BCUT2D eigenvalue weighted by Crippen LogP contribution is 2.27. The van der Waals surface area contributed by atoms with Crippen molar-refractivity contribution in [2.75, 3.05) is 7.05 Å². The number of hydrogen-bond donors (Lipinski definition) is 1. The second-order valence-corrected chi connectivity index (χ2v) is 5.09. The highest BCUT2D eigenvalue weighted by atomic mass is 19.1. The van der Waals surface area contributed by atoms with E-state index in [2.05, 4.69) is 5.32 Å². The predicted molar refractivity (Wildman–Crippen MR) is 69.5 cm³/mol. The van der Waals surface area contributed by atoms with Crippen molar-refractivity contribution in [1.82, 2.24) is 5.32 Å². The maximum atomic E-state index is 13.7. The molecule has 1 aromatic rings. The minimum Gasteiger partial charge on any atom is -0.317 e. The molecule has 0 spiro atoms. The summed E-state index contributed by atoms with van der Waals surface area (Å²) in [5.74, 6) is 0.533. The molecule has 0 amide bonds. The first-order valence-corrected chi connectivity index (χ1v) is 6.72. The van der Waals surface area contributed by atoms with Crippen molar-refractivity contribution in [1.29, 1.82) is 0 Å². The zero-order valence-corrected chi connectivity index (χ0v) is 10.6. The molecule has 1 aliphatic carbocycles. The van der Waals surface area contributed by atoms with Crippen LogP contribution in [-0.4, -0.2) is 13.1 Å². The molecule has 1 saturated carbocycles. The fourth-order valence-corrected chi connectivity index (χ4v) is 2.96. The molecule has 1 aromatic carbocycles. The van der Waals surface area contributed by atoms with Crippen molar-refractivity contribution < 1.29 is 4.39 Å². The second kappa shape index (κ2) is 6.15. The maximum absolute atomic E-state index is 13.7. The van der Waals surface area contributed by atoms with Gasteiger partial charge in [0.05, 0.1) is 0 Å². The summed E-state index contributed by atoms with van der Waals surface area (Å²) in [5, 5.41) is 3.41. The molecule has 0 bridgehead atoms. The quantitative estimate of drug-likeness (QED) is 0.790. The molecule has 2 rings (SSSR count). The van der Waals surface area contributed by atoms with Crippen LogP contribution in [0.15, 0.2) is 24.3 Å². The number of rotatable bonds is 3. The molecule has 0 radical (unpaired) electrons. The number of nitrogens with one attached hydrogen (secondary N) is 1. The van der Waals surface area contributed by atoms with Crippen LogP contribution in [0.4, 0.5) is 4.39 Å². The lowest BCUT2D eigenvalue weighted by molar-refractivity contribution is 0.346. The first-order valence-electron chi connectivity index (χ1n) is 6.72. The average molecular weight is 235 g/mol. The Labute approximate surface area is 103 Å². The first-order chi connectivity index (χ1) is 8.31. The third kappa shape index (κ3) is 3.29. The van der Waals surface area contributed by atoms with E-state index >= 15 is 0 Å². The van der Waals surface area contributed by atoms with Gasteiger partial charge in [0, 0.05) is 6.04 Å². The molecular formula is C15H22FN. The van der Waals surface area contributed by atoms with Gasteiger partial charge in [-0.3, -0.25) is 0 Å². The third-order valence-corrected chi connectivity index (χ3v) is 3.97. The lowest BCUT2D eigenvalue weighted by Crippen LogP contribution is -2.34. The van der Waals surface area contributed by atoms with Gasteiger partial charge >= 0.3 is 0 Å². The van der Waals surface area contributed by atoms with Crippen LogP contribution in [0.25, 0.3) is 0 Å². The van der Waals surface area contributed by atoms with Gasteiger partial charge in [0.25, 0.3) is 0 Å². The fourth-order valence-electron chi connectivity index (χ4n) is 2.96. The van der Waals surface area contributed by atoms with Crippen molar-refractivity contribution in [3.05, 3.63) is 35.6 Å². The summed E-state index contributed by atoms with van der Waals surface area (Å²) >= 11 is 0. The van der Waals surface area contributed by atoms with Gasteiger partial charge in [-0.1, -0.05) is 37.5 Å². The molecule has 1 fully saturated rings. The zero-order chi connectivity index (χ0) is 12.1. The number of halogens is 1. The SMILES string of the molecule is CNC1CCCCCC1Cc1ccccc1F. The van der Waals surface area contributed by atoms with Crippen molar-refractivity contribution in [3.63, 3.8) is 0 Å². The minimum atomic E-state index is -0.0494. The molecule has 0 saturated heterocycles. The molecule has 2 unspecified atom stereocenters. The fraction of sp³-hybridized carbons (Fsp3) is 0.600. The van der Waals surface area contributed by atoms with Crippen LogP contribution in [0, 0.1) is 11.7 Å². The molecule has 0 aromatic heterocycles. The maximum Gasteiger partial charge on any atom is 0.126 e. The highest BCUT2D eigenvalue weighted by Gasteiger charge is 2.23. The average Bonchev–Trinajstić information content (AvgIpc) is 2.57. The Hall–Kier alpha value is -0.890. The molecular weight excluding hydrogens is 213 g/mol. The van der Waals surface area contributed by atoms with Crippen molar-refractivity contribution in [2.45, 2.75) is 44.6 Å². The molecule has 94 valence electrons. The summed E-state index contributed by atoms with van der Waals surface area (Å²) in [7, 11) is 2.03. The van der Waals surface area contributed by atoms with Crippen molar-refractivity contribution in [3.8, 4) is 0 Å². The Balaban J connectivity index is 2.07. The van der Waals surface area contributed by atoms with E-state index in [-0.39, 0.29) is 5.82 Å². The van der Waals surface area contributed by atoms with Crippen LogP contribution in [0.3, 0.4) is 0 Å². The van der Waals surface area contributed by atoms with E-state index in [0.717, 1.165) is 12.0 Å². The van der Waals surface area contributed by atoms with Crippen LogP contribution in [0.1, 0.15) is 37.7 Å². The monoisotopic (exact) mass is 235 g/mol. The molecule has 1 N–H and O–H groups in total. The summed E-state index contributed by atoms with van der Waals surface area (Å²) in [5.41, 5.74) is 0.875. The van der Waals surface area contributed by atoms with Crippen LogP contribution >= 0.6 is 0 Å². The minimum absolute atomic E-state index is 0.0494. The van der Waals surface area contributed by atoms with E-state index in [1.807, 2.05) is 19.2 Å². The van der Waals surface area contributed by atoms with Gasteiger partial charge < -0.3 is 5.32 Å². The standard InChI is InChI=1S/C15H22FN/c1-17-15-10-4-2-3-8-13(15)11-12-7-5-6-9-14(12)16/h5-7,9,13,15,17H,2-4,8,10-11H2,1H3. The van der Waals surface area contributed by atoms with Gasteiger partial charge in [-0.2, -0.15) is 0 Å². The van der Waals surface area contributed by atoms with Crippen molar-refractivity contribution >= 4 is 0 Å². The first kappa shape index (κ1) is 12.6. The summed E-state index contributed by atoms with van der Waals surface area (Å²) in [6, 6.07) is 7.75. The van der Waals surface area contributed by atoms with E-state index in [4.69, 9.17) is 0 Å². The van der Waals surface area contributed by atoms with E-state index in [9.17, 15) is 4.39 Å². The van der Waals surface area contributed by atoms with Gasteiger partial charge in [-0.05, 0) is 43.9 Å². The van der Waals surface area contributed by atoms with Gasteiger partial charge in [0.1, 0.15) is 5.82 Å². The highest BCUT2D eigenvalue weighted by molar-refractivity contribution is 5.18. The zero-order valence-electron chi connectivity index (χ0n) is 10.6. The van der Waals surface area contributed by atoms with Crippen LogP contribution in [-0.2, 0) is 6.42 Å². The Kier molecular flexibility index (Phi) is 4.55. The molecule has 0 aliphatic heterocycles. The molecule has 1 aliphatic rings. The van der Waals surface area contributed by atoms with Gasteiger partial charge in [0.2, 0.25) is 0 Å². The summed E-state index contributed by atoms with van der Waals surface area (Å²) < 4.78 is 13.7.